The molecule has 2 rings (SSSR count). The number of amides is 1. The van der Waals surface area contributed by atoms with Crippen LogP contribution in [-0.4, -0.2) is 29.2 Å². The third kappa shape index (κ3) is 3.15. The van der Waals surface area contributed by atoms with Gasteiger partial charge in [-0.2, -0.15) is 5.26 Å². The van der Waals surface area contributed by atoms with E-state index >= 15 is 0 Å². The van der Waals surface area contributed by atoms with Gasteiger partial charge in [0.1, 0.15) is 0 Å². The number of benzene rings is 1. The predicted octanol–water partition coefficient (Wildman–Crippen LogP) is 3.50. The SMILES string of the molecule is N#CC(=C1CCN(C(=O)O)CC1)c1ccc(Br)cc1. The molecule has 1 saturated heterocycles. The first-order valence-electron chi connectivity index (χ1n) is 5.97. The zero-order valence-corrected chi connectivity index (χ0v) is 11.9. The van der Waals surface area contributed by atoms with Gasteiger partial charge in [0.05, 0.1) is 11.6 Å². The van der Waals surface area contributed by atoms with Crippen LogP contribution in [-0.2, 0) is 0 Å². The van der Waals surface area contributed by atoms with E-state index in [-0.39, 0.29) is 0 Å². The molecule has 0 aliphatic carbocycles. The summed E-state index contributed by atoms with van der Waals surface area (Å²) in [7, 11) is 0. The van der Waals surface area contributed by atoms with Crippen LogP contribution < -0.4 is 0 Å². The fourth-order valence-corrected chi connectivity index (χ4v) is 2.45. The highest BCUT2D eigenvalue weighted by atomic mass is 79.9. The Labute approximate surface area is 120 Å². The fourth-order valence-electron chi connectivity index (χ4n) is 2.18. The summed E-state index contributed by atoms with van der Waals surface area (Å²) in [5, 5.41) is 18.2. The molecule has 1 aromatic carbocycles. The number of nitrogens with zero attached hydrogens (tertiary/aromatic N) is 2. The minimum Gasteiger partial charge on any atom is -0.465 e. The van der Waals surface area contributed by atoms with Gasteiger partial charge in [-0.15, -0.1) is 0 Å². The number of rotatable bonds is 1. The molecule has 1 aliphatic rings. The van der Waals surface area contributed by atoms with Crippen molar-refractivity contribution in [1.29, 1.82) is 5.26 Å². The van der Waals surface area contributed by atoms with E-state index in [1.54, 1.807) is 0 Å². The first-order chi connectivity index (χ1) is 9.11. The Balaban J connectivity index is 2.23. The Bertz CT molecular complexity index is 548. The third-order valence-electron chi connectivity index (χ3n) is 3.24. The molecule has 1 fully saturated rings. The van der Waals surface area contributed by atoms with Crippen LogP contribution in [0.3, 0.4) is 0 Å². The predicted molar refractivity (Wildman–Crippen MR) is 75.5 cm³/mol. The standard InChI is InChI=1S/C14H13BrN2O2/c15-12-3-1-10(2-4-12)13(9-16)11-5-7-17(8-6-11)14(18)19/h1-4H,5-8H2,(H,18,19). The van der Waals surface area contributed by atoms with Crippen molar-refractivity contribution >= 4 is 27.6 Å². The first-order valence-corrected chi connectivity index (χ1v) is 6.77. The lowest BCUT2D eigenvalue weighted by Gasteiger charge is -2.26. The van der Waals surface area contributed by atoms with Crippen molar-refractivity contribution in [3.05, 3.63) is 39.9 Å². The second-order valence-corrected chi connectivity index (χ2v) is 5.28. The van der Waals surface area contributed by atoms with Crippen molar-refractivity contribution in [2.75, 3.05) is 13.1 Å². The van der Waals surface area contributed by atoms with Crippen LogP contribution in [0.4, 0.5) is 4.79 Å². The van der Waals surface area contributed by atoms with Crippen LogP contribution in [0.5, 0.6) is 0 Å². The first kappa shape index (κ1) is 13.6. The van der Waals surface area contributed by atoms with Crippen molar-refractivity contribution in [3.63, 3.8) is 0 Å². The van der Waals surface area contributed by atoms with Crippen molar-refractivity contribution in [2.45, 2.75) is 12.8 Å². The van der Waals surface area contributed by atoms with Crippen LogP contribution in [0, 0.1) is 11.3 Å². The molecule has 1 amide bonds. The van der Waals surface area contributed by atoms with E-state index in [2.05, 4.69) is 22.0 Å². The Morgan fingerprint density at radius 2 is 1.84 bits per heavy atom. The number of hydrogen-bond donors (Lipinski definition) is 1. The highest BCUT2D eigenvalue weighted by Crippen LogP contribution is 2.27. The summed E-state index contributed by atoms with van der Waals surface area (Å²) in [5.74, 6) is 0. The smallest absolute Gasteiger partial charge is 0.407 e. The molecule has 4 nitrogen and oxygen atoms in total. The summed E-state index contributed by atoms with van der Waals surface area (Å²) in [4.78, 5) is 12.2. The highest BCUT2D eigenvalue weighted by Gasteiger charge is 2.20. The zero-order chi connectivity index (χ0) is 13.8. The molecule has 0 atom stereocenters. The van der Waals surface area contributed by atoms with E-state index in [0.717, 1.165) is 15.6 Å². The summed E-state index contributed by atoms with van der Waals surface area (Å²) in [6.45, 7) is 0.929. The highest BCUT2D eigenvalue weighted by molar-refractivity contribution is 9.10. The average Bonchev–Trinajstić information content (AvgIpc) is 2.42. The number of piperidine rings is 1. The quantitative estimate of drug-likeness (QED) is 0.805. The van der Waals surface area contributed by atoms with E-state index in [0.29, 0.717) is 31.5 Å². The summed E-state index contributed by atoms with van der Waals surface area (Å²) >= 11 is 3.37. The summed E-state index contributed by atoms with van der Waals surface area (Å²) in [6, 6.07) is 9.86. The number of halogens is 1. The summed E-state index contributed by atoms with van der Waals surface area (Å²) in [5.41, 5.74) is 2.62. The van der Waals surface area contributed by atoms with E-state index in [1.807, 2.05) is 24.3 Å². The Kier molecular flexibility index (Phi) is 4.23. The molecular formula is C14H13BrN2O2. The third-order valence-corrected chi connectivity index (χ3v) is 3.76. The molecule has 1 aromatic rings. The molecule has 19 heavy (non-hydrogen) atoms. The lowest BCUT2D eigenvalue weighted by atomic mass is 9.94. The second kappa shape index (κ2) is 5.89. The van der Waals surface area contributed by atoms with Gasteiger partial charge in [-0.05, 0) is 36.1 Å². The molecule has 0 radical (unpaired) electrons. The van der Waals surface area contributed by atoms with Gasteiger partial charge in [0.25, 0.3) is 0 Å². The van der Waals surface area contributed by atoms with Gasteiger partial charge in [-0.1, -0.05) is 28.1 Å². The van der Waals surface area contributed by atoms with E-state index in [4.69, 9.17) is 5.11 Å². The molecule has 0 unspecified atom stereocenters. The maximum atomic E-state index is 10.8. The van der Waals surface area contributed by atoms with Crippen LogP contribution in [0.25, 0.3) is 5.57 Å². The molecule has 98 valence electrons. The molecule has 0 bridgehead atoms. The zero-order valence-electron chi connectivity index (χ0n) is 10.3. The molecule has 1 heterocycles. The monoisotopic (exact) mass is 320 g/mol. The van der Waals surface area contributed by atoms with Gasteiger partial charge in [0.15, 0.2) is 0 Å². The normalized spacial score (nSPS) is 14.9. The second-order valence-electron chi connectivity index (χ2n) is 4.37. The minimum absolute atomic E-state index is 0.465. The van der Waals surface area contributed by atoms with E-state index < -0.39 is 6.09 Å². The Hall–Kier alpha value is -1.80. The number of carbonyl (C=O) groups is 1. The van der Waals surface area contributed by atoms with Gasteiger partial charge in [0.2, 0.25) is 0 Å². The fraction of sp³-hybridized carbons (Fsp3) is 0.286. The van der Waals surface area contributed by atoms with Crippen LogP contribution >= 0.6 is 15.9 Å². The number of allylic oxidation sites excluding steroid dienone is 1. The average molecular weight is 321 g/mol. The van der Waals surface area contributed by atoms with Crippen LogP contribution in [0.1, 0.15) is 18.4 Å². The number of carboxylic acid groups (broad SMARTS) is 1. The Morgan fingerprint density at radius 3 is 2.32 bits per heavy atom. The van der Waals surface area contributed by atoms with Crippen molar-refractivity contribution in [2.24, 2.45) is 0 Å². The largest absolute Gasteiger partial charge is 0.465 e. The van der Waals surface area contributed by atoms with Crippen LogP contribution in [0.15, 0.2) is 34.3 Å². The van der Waals surface area contributed by atoms with Gasteiger partial charge in [-0.3, -0.25) is 0 Å². The number of nitriles is 1. The number of hydrogen-bond acceptors (Lipinski definition) is 2. The maximum Gasteiger partial charge on any atom is 0.407 e. The Morgan fingerprint density at radius 1 is 1.26 bits per heavy atom. The molecule has 1 N–H and O–H groups in total. The molecule has 0 spiro atoms. The lowest BCUT2D eigenvalue weighted by Crippen LogP contribution is -2.35. The van der Waals surface area contributed by atoms with E-state index in [1.165, 1.54) is 4.90 Å². The van der Waals surface area contributed by atoms with Gasteiger partial charge >= 0.3 is 6.09 Å². The number of likely N-dealkylation sites (tertiary alicyclic amines) is 1. The van der Waals surface area contributed by atoms with Crippen molar-refractivity contribution in [1.82, 2.24) is 4.90 Å². The topological polar surface area (TPSA) is 64.3 Å². The molecule has 1 aliphatic heterocycles. The van der Waals surface area contributed by atoms with Gasteiger partial charge < -0.3 is 10.0 Å². The summed E-state index contributed by atoms with van der Waals surface area (Å²) in [6.07, 6.45) is 0.373. The summed E-state index contributed by atoms with van der Waals surface area (Å²) < 4.78 is 0.972. The molecule has 0 aromatic heterocycles. The van der Waals surface area contributed by atoms with Gasteiger partial charge in [-0.25, -0.2) is 4.79 Å². The van der Waals surface area contributed by atoms with Gasteiger partial charge in [0, 0.05) is 17.6 Å². The molecule has 0 saturated carbocycles. The molecular weight excluding hydrogens is 308 g/mol. The van der Waals surface area contributed by atoms with Crippen LogP contribution in [0.2, 0.25) is 0 Å². The lowest BCUT2D eigenvalue weighted by molar-refractivity contribution is 0.142. The van der Waals surface area contributed by atoms with E-state index in [9.17, 15) is 10.1 Å². The van der Waals surface area contributed by atoms with Crippen molar-refractivity contribution < 1.29 is 9.90 Å². The van der Waals surface area contributed by atoms with Crippen molar-refractivity contribution in [3.8, 4) is 6.07 Å². The molecule has 5 heteroatoms. The minimum atomic E-state index is -0.888. The maximum absolute atomic E-state index is 10.8.